The second-order valence-corrected chi connectivity index (χ2v) is 10.6. The van der Waals surface area contributed by atoms with Gasteiger partial charge < -0.3 is 15.0 Å². The first-order valence-electron chi connectivity index (χ1n) is 10.4. The highest BCUT2D eigenvalue weighted by molar-refractivity contribution is 7.91. The van der Waals surface area contributed by atoms with E-state index in [1.807, 2.05) is 36.1 Å². The molecule has 1 aromatic rings. The van der Waals surface area contributed by atoms with Crippen molar-refractivity contribution in [2.75, 3.05) is 24.6 Å². The van der Waals surface area contributed by atoms with Crippen LogP contribution in [0.15, 0.2) is 24.3 Å². The van der Waals surface area contributed by atoms with E-state index in [9.17, 15) is 18.0 Å². The first-order valence-corrected chi connectivity index (χ1v) is 12.2. The van der Waals surface area contributed by atoms with Crippen molar-refractivity contribution in [1.82, 2.24) is 10.2 Å². The number of amides is 2. The highest BCUT2D eigenvalue weighted by Crippen LogP contribution is 2.44. The van der Waals surface area contributed by atoms with Crippen LogP contribution >= 0.6 is 0 Å². The largest absolute Gasteiger partial charge is 0.487 e. The third kappa shape index (κ3) is 4.13. The Morgan fingerprint density at radius 1 is 1.31 bits per heavy atom. The van der Waals surface area contributed by atoms with Crippen LogP contribution in [0.4, 0.5) is 0 Å². The molecule has 1 N–H and O–H groups in total. The maximum Gasteiger partial charge on any atom is 0.224 e. The van der Waals surface area contributed by atoms with Gasteiger partial charge in [0.2, 0.25) is 11.8 Å². The quantitative estimate of drug-likeness (QED) is 0.805. The van der Waals surface area contributed by atoms with Gasteiger partial charge in [-0.2, -0.15) is 0 Å². The van der Waals surface area contributed by atoms with Crippen LogP contribution in [0.2, 0.25) is 0 Å². The molecular weight excluding hydrogens is 392 g/mol. The molecule has 8 heteroatoms. The second-order valence-electron chi connectivity index (χ2n) is 8.41. The number of rotatable bonds is 3. The molecule has 2 amide bonds. The summed E-state index contributed by atoms with van der Waals surface area (Å²) < 4.78 is 30.0. The van der Waals surface area contributed by atoms with Crippen molar-refractivity contribution in [1.29, 1.82) is 0 Å². The SMILES string of the molecule is CCN1CCC2(CCC1=O)CC(NC(=O)C1CCS(=O)(=O)C1)c1ccccc1O2. The van der Waals surface area contributed by atoms with E-state index < -0.39 is 21.4 Å². The molecule has 3 heterocycles. The van der Waals surface area contributed by atoms with Crippen LogP contribution in [0, 0.1) is 5.92 Å². The maximum absolute atomic E-state index is 12.8. The van der Waals surface area contributed by atoms with E-state index >= 15 is 0 Å². The van der Waals surface area contributed by atoms with Gasteiger partial charge in [-0.25, -0.2) is 8.42 Å². The molecule has 0 radical (unpaired) electrons. The number of sulfone groups is 1. The highest BCUT2D eigenvalue weighted by Gasteiger charge is 2.44. The summed E-state index contributed by atoms with van der Waals surface area (Å²) in [6.45, 7) is 3.30. The van der Waals surface area contributed by atoms with Crippen molar-refractivity contribution in [3.63, 3.8) is 0 Å². The smallest absolute Gasteiger partial charge is 0.224 e. The molecule has 3 aliphatic rings. The molecule has 1 spiro atoms. The summed E-state index contributed by atoms with van der Waals surface area (Å²) in [7, 11) is -3.12. The van der Waals surface area contributed by atoms with E-state index in [0.29, 0.717) is 45.2 Å². The van der Waals surface area contributed by atoms with Crippen molar-refractivity contribution in [2.45, 2.75) is 50.7 Å². The minimum atomic E-state index is -3.12. The number of hydrogen-bond acceptors (Lipinski definition) is 5. The predicted molar refractivity (Wildman–Crippen MR) is 108 cm³/mol. The molecule has 158 valence electrons. The minimum absolute atomic E-state index is 0.0746. The zero-order valence-corrected chi connectivity index (χ0v) is 17.5. The van der Waals surface area contributed by atoms with Gasteiger partial charge in [0.1, 0.15) is 11.4 Å². The monoisotopic (exact) mass is 420 g/mol. The topological polar surface area (TPSA) is 92.8 Å². The van der Waals surface area contributed by atoms with Crippen LogP contribution < -0.4 is 10.1 Å². The fraction of sp³-hybridized carbons (Fsp3) is 0.619. The van der Waals surface area contributed by atoms with Crippen molar-refractivity contribution >= 4 is 21.7 Å². The van der Waals surface area contributed by atoms with Gasteiger partial charge in [-0.15, -0.1) is 0 Å². The Labute approximate surface area is 171 Å². The van der Waals surface area contributed by atoms with Crippen LogP contribution in [0.25, 0.3) is 0 Å². The van der Waals surface area contributed by atoms with Crippen molar-refractivity contribution in [2.24, 2.45) is 5.92 Å². The molecule has 29 heavy (non-hydrogen) atoms. The van der Waals surface area contributed by atoms with Gasteiger partial charge in [-0.05, 0) is 25.8 Å². The van der Waals surface area contributed by atoms with E-state index in [2.05, 4.69) is 5.32 Å². The average molecular weight is 421 g/mol. The van der Waals surface area contributed by atoms with Gasteiger partial charge in [0.15, 0.2) is 9.84 Å². The third-order valence-corrected chi connectivity index (χ3v) is 8.25. The fourth-order valence-electron chi connectivity index (χ4n) is 4.76. The summed E-state index contributed by atoms with van der Waals surface area (Å²) in [6, 6.07) is 7.41. The summed E-state index contributed by atoms with van der Waals surface area (Å²) >= 11 is 0. The number of likely N-dealkylation sites (tertiary alicyclic amines) is 1. The van der Waals surface area contributed by atoms with E-state index in [1.165, 1.54) is 0 Å². The average Bonchev–Trinajstić information content (AvgIpc) is 2.99. The van der Waals surface area contributed by atoms with Gasteiger partial charge >= 0.3 is 0 Å². The van der Waals surface area contributed by atoms with Gasteiger partial charge in [-0.1, -0.05) is 18.2 Å². The Balaban J connectivity index is 1.57. The Morgan fingerprint density at radius 3 is 2.83 bits per heavy atom. The van der Waals surface area contributed by atoms with E-state index in [1.54, 1.807) is 0 Å². The number of benzene rings is 1. The Morgan fingerprint density at radius 2 is 2.10 bits per heavy atom. The Kier molecular flexibility index (Phi) is 5.31. The predicted octanol–water partition coefficient (Wildman–Crippen LogP) is 1.83. The van der Waals surface area contributed by atoms with Crippen LogP contribution in [0.3, 0.4) is 0 Å². The first-order chi connectivity index (χ1) is 13.8. The lowest BCUT2D eigenvalue weighted by Crippen LogP contribution is -2.47. The molecule has 0 saturated carbocycles. The normalized spacial score (nSPS) is 31.1. The zero-order chi connectivity index (χ0) is 20.6. The Bertz CT molecular complexity index is 915. The van der Waals surface area contributed by atoms with Crippen LogP contribution in [0.5, 0.6) is 5.75 Å². The fourth-order valence-corrected chi connectivity index (χ4v) is 6.50. The highest BCUT2D eigenvalue weighted by atomic mass is 32.2. The summed E-state index contributed by atoms with van der Waals surface area (Å²) in [5.74, 6) is 0.188. The van der Waals surface area contributed by atoms with Crippen LogP contribution in [0.1, 0.15) is 50.6 Å². The molecule has 0 bridgehead atoms. The number of carbonyl (C=O) groups is 2. The number of fused-ring (bicyclic) bond motifs is 1. The van der Waals surface area contributed by atoms with Crippen molar-refractivity contribution < 1.29 is 22.7 Å². The molecule has 3 aliphatic heterocycles. The van der Waals surface area contributed by atoms with Gasteiger partial charge in [-0.3, -0.25) is 9.59 Å². The second kappa shape index (κ2) is 7.63. The molecule has 7 nitrogen and oxygen atoms in total. The molecule has 3 unspecified atom stereocenters. The number of nitrogens with zero attached hydrogens (tertiary/aromatic N) is 1. The summed E-state index contributed by atoms with van der Waals surface area (Å²) in [4.78, 5) is 27.0. The molecule has 2 fully saturated rings. The number of para-hydroxylation sites is 1. The van der Waals surface area contributed by atoms with Gasteiger partial charge in [0, 0.05) is 37.9 Å². The van der Waals surface area contributed by atoms with Crippen molar-refractivity contribution in [3.8, 4) is 5.75 Å². The molecule has 0 aromatic heterocycles. The number of ether oxygens (including phenoxy) is 1. The van der Waals surface area contributed by atoms with E-state index in [0.717, 1.165) is 11.3 Å². The third-order valence-electron chi connectivity index (χ3n) is 6.48. The van der Waals surface area contributed by atoms with Crippen LogP contribution in [-0.2, 0) is 19.4 Å². The molecule has 0 aliphatic carbocycles. The number of nitrogens with one attached hydrogen (secondary N) is 1. The first kappa shape index (κ1) is 20.2. The van der Waals surface area contributed by atoms with Gasteiger partial charge in [0.25, 0.3) is 0 Å². The lowest BCUT2D eigenvalue weighted by molar-refractivity contribution is -0.130. The van der Waals surface area contributed by atoms with E-state index in [4.69, 9.17) is 4.74 Å². The van der Waals surface area contributed by atoms with Crippen molar-refractivity contribution in [3.05, 3.63) is 29.8 Å². The lowest BCUT2D eigenvalue weighted by Gasteiger charge is -2.42. The zero-order valence-electron chi connectivity index (χ0n) is 16.7. The number of hydrogen-bond donors (Lipinski definition) is 1. The van der Waals surface area contributed by atoms with Gasteiger partial charge in [0.05, 0.1) is 23.5 Å². The lowest BCUT2D eigenvalue weighted by atomic mass is 9.82. The minimum Gasteiger partial charge on any atom is -0.487 e. The molecule has 1 aromatic carbocycles. The number of carbonyl (C=O) groups excluding carboxylic acids is 2. The molecule has 2 saturated heterocycles. The van der Waals surface area contributed by atoms with E-state index in [-0.39, 0.29) is 29.4 Å². The summed E-state index contributed by atoms with van der Waals surface area (Å²) in [5, 5.41) is 3.10. The standard InChI is InChI=1S/C21H28N2O5S/c1-2-23-11-10-21(9-7-19(23)24)13-17(16-5-3-4-6-18(16)28-21)22-20(25)15-8-12-29(26,27)14-15/h3-6,15,17H,2,7-14H2,1H3,(H,22,25). The molecule has 4 rings (SSSR count). The summed E-state index contributed by atoms with van der Waals surface area (Å²) in [6.07, 6.45) is 2.72. The molecule has 3 atom stereocenters. The van der Waals surface area contributed by atoms with Crippen LogP contribution in [-0.4, -0.2) is 55.3 Å². The molecular formula is C21H28N2O5S. The summed E-state index contributed by atoms with van der Waals surface area (Å²) in [5.41, 5.74) is 0.406. The Hall–Kier alpha value is -2.09. The maximum atomic E-state index is 12.8.